The SMILES string of the molecule is CC(C)(C)[SiH2].[CH3-].[CH3-].[TaH2]. The monoisotopic (exact) mass is 300 g/mol. The second kappa shape index (κ2) is 7.96. The fourth-order valence-corrected chi connectivity index (χ4v) is 0. The van der Waals surface area contributed by atoms with Crippen LogP contribution in [0, 0.1) is 14.9 Å². The Morgan fingerprint density at radius 2 is 1.00 bits per heavy atom. The molecule has 54 valence electrons. The maximum absolute atomic E-state index is 2.20. The van der Waals surface area contributed by atoms with Crippen molar-refractivity contribution in [3.8, 4) is 0 Å². The van der Waals surface area contributed by atoms with Crippen LogP contribution in [-0.4, -0.2) is 10.2 Å². The summed E-state index contributed by atoms with van der Waals surface area (Å²) in [6, 6.07) is 0. The van der Waals surface area contributed by atoms with Crippen molar-refractivity contribution in [1.29, 1.82) is 0 Å². The van der Waals surface area contributed by atoms with E-state index in [9.17, 15) is 0 Å². The molecule has 0 aliphatic rings. The number of hydrogen-bond acceptors (Lipinski definition) is 0. The first-order valence-corrected chi connectivity index (χ1v) is 2.56. The van der Waals surface area contributed by atoms with Gasteiger partial charge in [-0.3, -0.25) is 0 Å². The van der Waals surface area contributed by atoms with E-state index in [1.165, 1.54) is 0 Å². The van der Waals surface area contributed by atoms with Crippen molar-refractivity contribution < 1.29 is 22.4 Å². The zero-order valence-corrected chi connectivity index (χ0v) is 12.3. The Hall–Kier alpha value is 0.957. The van der Waals surface area contributed by atoms with Crippen LogP contribution in [0.3, 0.4) is 0 Å². The van der Waals surface area contributed by atoms with Gasteiger partial charge in [0.25, 0.3) is 0 Å². The van der Waals surface area contributed by atoms with E-state index in [1.807, 2.05) is 10.2 Å². The fraction of sp³-hybridized carbons (Fsp3) is 0.667. The Morgan fingerprint density at radius 1 is 1.00 bits per heavy atom. The molecular formula is C6H19SiTa-2. The molecule has 0 bridgehead atoms. The van der Waals surface area contributed by atoms with E-state index in [0.29, 0.717) is 5.04 Å². The van der Waals surface area contributed by atoms with Crippen LogP contribution in [0.1, 0.15) is 20.8 Å². The van der Waals surface area contributed by atoms with Gasteiger partial charge in [0.2, 0.25) is 0 Å². The molecule has 0 saturated carbocycles. The fourth-order valence-electron chi connectivity index (χ4n) is 0. The Morgan fingerprint density at radius 3 is 1.00 bits per heavy atom. The van der Waals surface area contributed by atoms with Gasteiger partial charge in [0.1, 0.15) is 0 Å². The molecule has 0 saturated heterocycles. The van der Waals surface area contributed by atoms with Crippen molar-refractivity contribution in [2.45, 2.75) is 25.8 Å². The van der Waals surface area contributed by atoms with Crippen molar-refractivity contribution >= 4 is 10.2 Å². The molecule has 2 heteroatoms. The Kier molecular flexibility index (Phi) is 23.0. The van der Waals surface area contributed by atoms with Crippen molar-refractivity contribution in [1.82, 2.24) is 0 Å². The summed E-state index contributed by atoms with van der Waals surface area (Å²) >= 11 is 0. The van der Waals surface area contributed by atoms with Gasteiger partial charge in [-0.1, -0.05) is 25.8 Å². The zero-order valence-electron chi connectivity index (χ0n) is 6.78. The molecule has 0 heterocycles. The topological polar surface area (TPSA) is 0 Å². The van der Waals surface area contributed by atoms with Crippen LogP contribution in [0.4, 0.5) is 0 Å². The van der Waals surface area contributed by atoms with E-state index in [1.54, 1.807) is 0 Å². The van der Waals surface area contributed by atoms with E-state index in [-0.39, 0.29) is 37.2 Å². The Balaban J connectivity index is -0.0000000267. The van der Waals surface area contributed by atoms with Gasteiger partial charge >= 0.3 is 22.4 Å². The molecule has 0 N–H and O–H groups in total. The van der Waals surface area contributed by atoms with Crippen molar-refractivity contribution in [3.63, 3.8) is 0 Å². The van der Waals surface area contributed by atoms with Crippen molar-refractivity contribution in [2.24, 2.45) is 0 Å². The zero-order chi connectivity index (χ0) is 4.50. The third kappa shape index (κ3) is 269. The van der Waals surface area contributed by atoms with E-state index in [2.05, 4.69) is 20.8 Å². The normalized spacial score (nSPS) is 7.50. The summed E-state index contributed by atoms with van der Waals surface area (Å²) in [6.45, 7) is 6.60. The molecule has 0 aromatic heterocycles. The van der Waals surface area contributed by atoms with E-state index in [4.69, 9.17) is 0 Å². The summed E-state index contributed by atoms with van der Waals surface area (Å²) in [5, 5.41) is 0.528. The average Bonchev–Trinajstić information content (AvgIpc) is 0.722. The Bertz CT molecular complexity index is 24.0. The first kappa shape index (κ1) is 23.1. The summed E-state index contributed by atoms with van der Waals surface area (Å²) in [4.78, 5) is 0. The van der Waals surface area contributed by atoms with Crippen molar-refractivity contribution in [3.05, 3.63) is 14.9 Å². The molecule has 0 unspecified atom stereocenters. The third-order valence-corrected chi connectivity index (χ3v) is 0. The van der Waals surface area contributed by atoms with Gasteiger partial charge in [0, 0.05) is 10.2 Å². The van der Waals surface area contributed by atoms with E-state index in [0.717, 1.165) is 0 Å². The summed E-state index contributed by atoms with van der Waals surface area (Å²) in [7, 11) is 2.01. The maximum atomic E-state index is 2.20. The van der Waals surface area contributed by atoms with Crippen LogP contribution in [0.25, 0.3) is 0 Å². The minimum atomic E-state index is 0. The van der Waals surface area contributed by atoms with Crippen LogP contribution >= 0.6 is 0 Å². The third-order valence-electron chi connectivity index (χ3n) is 0. The number of rotatable bonds is 0. The van der Waals surface area contributed by atoms with Gasteiger partial charge in [-0.2, -0.15) is 0 Å². The molecule has 0 aliphatic carbocycles. The summed E-state index contributed by atoms with van der Waals surface area (Å²) in [5.41, 5.74) is 0. The summed E-state index contributed by atoms with van der Waals surface area (Å²) < 4.78 is 0. The van der Waals surface area contributed by atoms with E-state index < -0.39 is 0 Å². The predicted molar refractivity (Wildman–Crippen MR) is 43.9 cm³/mol. The van der Waals surface area contributed by atoms with Gasteiger partial charge in [0.15, 0.2) is 0 Å². The molecule has 2 radical (unpaired) electrons. The predicted octanol–water partition coefficient (Wildman–Crippen LogP) is 1.20. The van der Waals surface area contributed by atoms with Gasteiger partial charge < -0.3 is 14.9 Å². The molecule has 0 aromatic carbocycles. The quantitative estimate of drug-likeness (QED) is 0.466. The molecule has 8 heavy (non-hydrogen) atoms. The van der Waals surface area contributed by atoms with E-state index >= 15 is 0 Å². The van der Waals surface area contributed by atoms with Crippen LogP contribution < -0.4 is 0 Å². The molecule has 0 aromatic rings. The molecule has 0 nitrogen and oxygen atoms in total. The molecular weight excluding hydrogens is 281 g/mol. The average molecular weight is 300 g/mol. The first-order chi connectivity index (χ1) is 2.00. The van der Waals surface area contributed by atoms with Gasteiger partial charge in [0.05, 0.1) is 0 Å². The molecule has 0 aliphatic heterocycles. The van der Waals surface area contributed by atoms with Crippen LogP contribution in [-0.2, 0) is 22.4 Å². The van der Waals surface area contributed by atoms with Gasteiger partial charge in [-0.15, -0.1) is 0 Å². The molecule has 0 spiro atoms. The number of hydrogen-bond donors (Lipinski definition) is 0. The summed E-state index contributed by atoms with van der Waals surface area (Å²) in [6.07, 6.45) is 0. The molecule has 0 atom stereocenters. The van der Waals surface area contributed by atoms with Crippen LogP contribution in [0.5, 0.6) is 0 Å². The van der Waals surface area contributed by atoms with Gasteiger partial charge in [-0.25, -0.2) is 0 Å². The summed E-state index contributed by atoms with van der Waals surface area (Å²) in [5.74, 6) is 0. The van der Waals surface area contributed by atoms with Crippen molar-refractivity contribution in [2.75, 3.05) is 0 Å². The molecule has 0 amide bonds. The van der Waals surface area contributed by atoms with Gasteiger partial charge in [-0.05, 0) is 0 Å². The minimum absolute atomic E-state index is 0. The first-order valence-electron chi connectivity index (χ1n) is 1.85. The van der Waals surface area contributed by atoms with Crippen LogP contribution in [0.15, 0.2) is 0 Å². The Labute approximate surface area is 73.4 Å². The van der Waals surface area contributed by atoms with Crippen LogP contribution in [0.2, 0.25) is 5.04 Å². The second-order valence-corrected chi connectivity index (χ2v) is 4.68. The molecule has 0 rings (SSSR count). The molecule has 0 fully saturated rings. The second-order valence-electron chi connectivity index (χ2n) is 2.56. The standard InChI is InChI=1S/C4H11Si.2CH3.Ta.2H/c1-4(2,3)5;;;;;/h5H2,1-3H3;2*1H3;;;/q;2*-1;;;.